The van der Waals surface area contributed by atoms with Crippen LogP contribution in [0.2, 0.25) is 0 Å². The molecule has 7 nitrogen and oxygen atoms in total. The van der Waals surface area contributed by atoms with E-state index < -0.39 is 20.2 Å². The van der Waals surface area contributed by atoms with Gasteiger partial charge in [-0.3, -0.25) is 0 Å². The molecule has 0 aliphatic heterocycles. The van der Waals surface area contributed by atoms with E-state index in [0.717, 1.165) is 12.5 Å². The van der Waals surface area contributed by atoms with Crippen LogP contribution in [-0.4, -0.2) is 36.5 Å². The van der Waals surface area contributed by atoms with E-state index in [1.165, 1.54) is 25.3 Å². The normalized spacial score (nSPS) is 11.9. The first-order valence-corrected chi connectivity index (χ1v) is 8.21. The van der Waals surface area contributed by atoms with Crippen molar-refractivity contribution in [2.45, 2.75) is 0 Å². The second-order valence-corrected chi connectivity index (χ2v) is 6.51. The molecule has 0 unspecified atom stereocenters. The fourth-order valence-electron chi connectivity index (χ4n) is 1.12. The van der Waals surface area contributed by atoms with Gasteiger partial charge in [-0.15, -0.1) is 0 Å². The molecule has 0 saturated heterocycles. The molecular formula is C9H12O7S2. The lowest BCUT2D eigenvalue weighted by Crippen LogP contribution is -2.11. The Morgan fingerprint density at radius 3 is 1.83 bits per heavy atom. The summed E-state index contributed by atoms with van der Waals surface area (Å²) in [5.74, 6) is -0.531. The Labute approximate surface area is 106 Å². The average Bonchev–Trinajstić information content (AvgIpc) is 2.16. The van der Waals surface area contributed by atoms with Crippen LogP contribution >= 0.6 is 0 Å². The van der Waals surface area contributed by atoms with E-state index in [1.54, 1.807) is 0 Å². The van der Waals surface area contributed by atoms with Crippen molar-refractivity contribution >= 4 is 20.2 Å². The van der Waals surface area contributed by atoms with Crippen LogP contribution in [0.4, 0.5) is 0 Å². The third-order valence-corrected chi connectivity index (χ3v) is 2.59. The summed E-state index contributed by atoms with van der Waals surface area (Å²) in [7, 11) is -6.37. The summed E-state index contributed by atoms with van der Waals surface area (Å²) in [6, 6.07) is 4.11. The Balaban J connectivity index is 3.33. The second-order valence-electron chi connectivity index (χ2n) is 3.36. The van der Waals surface area contributed by atoms with Crippen molar-refractivity contribution in [3.8, 4) is 17.2 Å². The van der Waals surface area contributed by atoms with Gasteiger partial charge in [0, 0.05) is 0 Å². The minimum atomic E-state index is -3.84. The third kappa shape index (κ3) is 4.41. The summed E-state index contributed by atoms with van der Waals surface area (Å²) in [4.78, 5) is 0. The number of para-hydroxylation sites is 1. The number of methoxy groups -OCH3 is 1. The SMILES string of the molecule is COc1cccc(OS(C)(=O)=O)c1OS(C)(=O)=O. The number of rotatable bonds is 5. The summed E-state index contributed by atoms with van der Waals surface area (Å²) in [6.45, 7) is 0. The fraction of sp³-hybridized carbons (Fsp3) is 0.333. The van der Waals surface area contributed by atoms with Gasteiger partial charge in [-0.05, 0) is 12.1 Å². The Kier molecular flexibility index (Phi) is 4.07. The first kappa shape index (κ1) is 14.6. The van der Waals surface area contributed by atoms with Crippen molar-refractivity contribution in [3.63, 3.8) is 0 Å². The van der Waals surface area contributed by atoms with Gasteiger partial charge >= 0.3 is 20.2 Å². The quantitative estimate of drug-likeness (QED) is 0.724. The Morgan fingerprint density at radius 1 is 0.889 bits per heavy atom. The summed E-state index contributed by atoms with van der Waals surface area (Å²) < 4.78 is 58.5. The van der Waals surface area contributed by atoms with Crippen LogP contribution in [0, 0.1) is 0 Å². The van der Waals surface area contributed by atoms with Crippen molar-refractivity contribution in [1.82, 2.24) is 0 Å². The summed E-state index contributed by atoms with van der Waals surface area (Å²) in [5.41, 5.74) is 0. The minimum Gasteiger partial charge on any atom is -0.493 e. The lowest BCUT2D eigenvalue weighted by Gasteiger charge is -2.12. The highest BCUT2D eigenvalue weighted by atomic mass is 32.2. The predicted octanol–water partition coefficient (Wildman–Crippen LogP) is 0.372. The minimum absolute atomic E-state index is 0.0431. The van der Waals surface area contributed by atoms with Crippen molar-refractivity contribution in [1.29, 1.82) is 0 Å². The molecule has 102 valence electrons. The zero-order valence-corrected chi connectivity index (χ0v) is 11.5. The zero-order valence-electron chi connectivity index (χ0n) is 9.91. The van der Waals surface area contributed by atoms with E-state index in [9.17, 15) is 16.8 Å². The van der Waals surface area contributed by atoms with Crippen molar-refractivity contribution in [3.05, 3.63) is 18.2 Å². The molecular weight excluding hydrogens is 284 g/mol. The van der Waals surface area contributed by atoms with Gasteiger partial charge in [-0.1, -0.05) is 6.07 Å². The van der Waals surface area contributed by atoms with Gasteiger partial charge in [0.2, 0.25) is 5.75 Å². The first-order chi connectivity index (χ1) is 8.12. The van der Waals surface area contributed by atoms with Gasteiger partial charge in [-0.25, -0.2) is 0 Å². The molecule has 1 aromatic rings. The zero-order chi connectivity index (χ0) is 14.0. The molecule has 1 aromatic carbocycles. The number of hydrogen-bond donors (Lipinski definition) is 0. The van der Waals surface area contributed by atoms with Crippen LogP contribution in [-0.2, 0) is 20.2 Å². The molecule has 1 rings (SSSR count). The molecule has 0 saturated carbocycles. The lowest BCUT2D eigenvalue weighted by molar-refractivity contribution is 0.383. The smallest absolute Gasteiger partial charge is 0.306 e. The van der Waals surface area contributed by atoms with E-state index in [-0.39, 0.29) is 17.2 Å². The summed E-state index contributed by atoms with van der Waals surface area (Å²) in [5, 5.41) is 0. The highest BCUT2D eigenvalue weighted by Crippen LogP contribution is 2.38. The van der Waals surface area contributed by atoms with Crippen LogP contribution in [0.3, 0.4) is 0 Å². The Hall–Kier alpha value is -1.48. The lowest BCUT2D eigenvalue weighted by atomic mass is 10.3. The maximum absolute atomic E-state index is 11.1. The van der Waals surface area contributed by atoms with Crippen molar-refractivity contribution < 1.29 is 29.9 Å². The van der Waals surface area contributed by atoms with Gasteiger partial charge < -0.3 is 13.1 Å². The molecule has 0 amide bonds. The van der Waals surface area contributed by atoms with Crippen molar-refractivity contribution in [2.75, 3.05) is 19.6 Å². The standard InChI is InChI=1S/C9H12O7S2/c1-14-7-5-4-6-8(15-17(2,10)11)9(7)16-18(3,12)13/h4-6H,1-3H3. The van der Waals surface area contributed by atoms with Crippen LogP contribution in [0.25, 0.3) is 0 Å². The molecule has 0 atom stereocenters. The van der Waals surface area contributed by atoms with Crippen LogP contribution in [0.15, 0.2) is 18.2 Å². The second kappa shape index (κ2) is 5.02. The molecule has 0 spiro atoms. The molecule has 0 aromatic heterocycles. The molecule has 0 bridgehead atoms. The van der Waals surface area contributed by atoms with Gasteiger partial charge in [0.15, 0.2) is 11.5 Å². The third-order valence-electron chi connectivity index (χ3n) is 1.64. The molecule has 0 aliphatic carbocycles. The molecule has 0 heterocycles. The highest BCUT2D eigenvalue weighted by molar-refractivity contribution is 7.86. The van der Waals surface area contributed by atoms with Crippen LogP contribution in [0.1, 0.15) is 0 Å². The Bertz CT molecular complexity index is 631. The van der Waals surface area contributed by atoms with Gasteiger partial charge in [0.05, 0.1) is 19.6 Å². The number of ether oxygens (including phenoxy) is 1. The molecule has 0 fully saturated rings. The maximum Gasteiger partial charge on any atom is 0.306 e. The largest absolute Gasteiger partial charge is 0.493 e. The summed E-state index contributed by atoms with van der Waals surface area (Å²) >= 11 is 0. The Morgan fingerprint density at radius 2 is 1.39 bits per heavy atom. The molecule has 9 heteroatoms. The molecule has 0 aliphatic rings. The average molecular weight is 296 g/mol. The monoisotopic (exact) mass is 296 g/mol. The summed E-state index contributed by atoms with van der Waals surface area (Å²) in [6.07, 6.45) is 1.65. The number of hydrogen-bond acceptors (Lipinski definition) is 7. The fourth-order valence-corrected chi connectivity index (χ4v) is 2.04. The maximum atomic E-state index is 11.1. The van der Waals surface area contributed by atoms with Crippen LogP contribution < -0.4 is 13.1 Å². The van der Waals surface area contributed by atoms with Crippen LogP contribution in [0.5, 0.6) is 17.2 Å². The van der Waals surface area contributed by atoms with E-state index in [4.69, 9.17) is 4.74 Å². The van der Waals surface area contributed by atoms with E-state index >= 15 is 0 Å². The topological polar surface area (TPSA) is 96.0 Å². The predicted molar refractivity (Wildman–Crippen MR) is 63.9 cm³/mol. The number of benzene rings is 1. The first-order valence-electron chi connectivity index (χ1n) is 4.58. The van der Waals surface area contributed by atoms with E-state index in [1.807, 2.05) is 0 Å². The highest BCUT2D eigenvalue weighted by Gasteiger charge is 2.19. The van der Waals surface area contributed by atoms with E-state index in [2.05, 4.69) is 8.37 Å². The molecule has 0 radical (unpaired) electrons. The molecule has 0 N–H and O–H groups in total. The molecule has 18 heavy (non-hydrogen) atoms. The van der Waals surface area contributed by atoms with E-state index in [0.29, 0.717) is 0 Å². The van der Waals surface area contributed by atoms with Crippen molar-refractivity contribution in [2.24, 2.45) is 0 Å². The van der Waals surface area contributed by atoms with Gasteiger partial charge in [0.1, 0.15) is 0 Å². The van der Waals surface area contributed by atoms with Gasteiger partial charge in [-0.2, -0.15) is 16.8 Å². The van der Waals surface area contributed by atoms with Gasteiger partial charge in [0.25, 0.3) is 0 Å².